The zero-order chi connectivity index (χ0) is 11.4. The van der Waals surface area contributed by atoms with Crippen LogP contribution >= 0.6 is 0 Å². The molecule has 0 amide bonds. The monoisotopic (exact) mass is 216 g/mol. The fourth-order valence-corrected chi connectivity index (χ4v) is 2.03. The summed E-state index contributed by atoms with van der Waals surface area (Å²) in [5.74, 6) is 0. The summed E-state index contributed by atoms with van der Waals surface area (Å²) in [4.78, 5) is 3.47. The number of hydrogen-bond acceptors (Lipinski definition) is 1. The molecule has 0 spiro atoms. The van der Waals surface area contributed by atoms with Crippen molar-refractivity contribution in [1.82, 2.24) is 10.3 Å². The molecule has 86 valence electrons. The van der Waals surface area contributed by atoms with E-state index in [9.17, 15) is 0 Å². The lowest BCUT2D eigenvalue weighted by Gasteiger charge is -1.99. The molecule has 0 aliphatic heterocycles. The fraction of sp³-hybridized carbons (Fsp3) is 0.429. The van der Waals surface area contributed by atoms with Gasteiger partial charge in [0.1, 0.15) is 0 Å². The molecule has 1 heterocycles. The number of H-pyrrole nitrogens is 1. The van der Waals surface area contributed by atoms with Gasteiger partial charge in [0.25, 0.3) is 0 Å². The molecular formula is C14H20N2. The van der Waals surface area contributed by atoms with Crippen LogP contribution in [0.15, 0.2) is 24.3 Å². The Kier molecular flexibility index (Phi) is 3.62. The first kappa shape index (κ1) is 11.2. The largest absolute Gasteiger partial charge is 0.358 e. The van der Waals surface area contributed by atoms with E-state index < -0.39 is 0 Å². The van der Waals surface area contributed by atoms with Gasteiger partial charge in [0.05, 0.1) is 0 Å². The molecule has 0 bridgehead atoms. The van der Waals surface area contributed by atoms with E-state index in [4.69, 9.17) is 0 Å². The Morgan fingerprint density at radius 2 is 2.12 bits per heavy atom. The molecular weight excluding hydrogens is 196 g/mol. The van der Waals surface area contributed by atoms with Gasteiger partial charge < -0.3 is 10.3 Å². The van der Waals surface area contributed by atoms with Crippen LogP contribution in [0.1, 0.15) is 24.6 Å². The van der Waals surface area contributed by atoms with E-state index in [0.29, 0.717) is 0 Å². The van der Waals surface area contributed by atoms with E-state index in [-0.39, 0.29) is 0 Å². The van der Waals surface area contributed by atoms with Crippen LogP contribution in [0.4, 0.5) is 0 Å². The van der Waals surface area contributed by atoms with E-state index in [2.05, 4.69) is 48.4 Å². The third-order valence-corrected chi connectivity index (χ3v) is 2.88. The molecule has 0 atom stereocenters. The smallest absolute Gasteiger partial charge is 0.0456 e. The number of benzene rings is 1. The number of aromatic amines is 1. The van der Waals surface area contributed by atoms with Crippen molar-refractivity contribution in [1.29, 1.82) is 0 Å². The zero-order valence-corrected chi connectivity index (χ0v) is 10.1. The number of aromatic nitrogens is 1. The molecule has 0 radical (unpaired) electrons. The van der Waals surface area contributed by atoms with Crippen molar-refractivity contribution in [3.63, 3.8) is 0 Å². The number of hydrogen-bond donors (Lipinski definition) is 2. The number of aryl methyl sites for hydroxylation is 2. The molecule has 1 aromatic carbocycles. The summed E-state index contributed by atoms with van der Waals surface area (Å²) in [6.07, 6.45) is 2.32. The van der Waals surface area contributed by atoms with Crippen molar-refractivity contribution in [3.05, 3.63) is 35.5 Å². The van der Waals surface area contributed by atoms with Gasteiger partial charge in [0.2, 0.25) is 0 Å². The van der Waals surface area contributed by atoms with E-state index in [1.54, 1.807) is 0 Å². The Morgan fingerprint density at radius 1 is 1.25 bits per heavy atom. The number of rotatable bonds is 5. The Balaban J connectivity index is 2.02. The zero-order valence-electron chi connectivity index (χ0n) is 10.1. The van der Waals surface area contributed by atoms with Crippen molar-refractivity contribution in [2.24, 2.45) is 0 Å². The minimum absolute atomic E-state index is 1.06. The molecule has 0 unspecified atom stereocenters. The maximum absolute atomic E-state index is 3.47. The highest BCUT2D eigenvalue weighted by atomic mass is 14.8. The molecule has 0 fully saturated rings. The van der Waals surface area contributed by atoms with Crippen molar-refractivity contribution in [3.8, 4) is 0 Å². The molecule has 0 aliphatic rings. The predicted molar refractivity (Wildman–Crippen MR) is 69.9 cm³/mol. The molecule has 2 nitrogen and oxygen atoms in total. The second kappa shape index (κ2) is 5.17. The molecule has 2 heteroatoms. The highest BCUT2D eigenvalue weighted by Gasteiger charge is 2.00. The molecule has 16 heavy (non-hydrogen) atoms. The highest BCUT2D eigenvalue weighted by molar-refractivity contribution is 5.81. The van der Waals surface area contributed by atoms with Crippen LogP contribution in [-0.4, -0.2) is 18.1 Å². The first-order chi connectivity index (χ1) is 7.79. The van der Waals surface area contributed by atoms with Crippen LogP contribution in [0.2, 0.25) is 0 Å². The Labute approximate surface area is 97.1 Å². The van der Waals surface area contributed by atoms with Gasteiger partial charge in [-0.1, -0.05) is 18.6 Å². The first-order valence-electron chi connectivity index (χ1n) is 6.08. The normalized spacial score (nSPS) is 11.1. The Bertz CT molecular complexity index is 457. The van der Waals surface area contributed by atoms with Gasteiger partial charge in [-0.15, -0.1) is 0 Å². The quantitative estimate of drug-likeness (QED) is 0.739. The molecule has 2 rings (SSSR count). The topological polar surface area (TPSA) is 27.8 Å². The van der Waals surface area contributed by atoms with Gasteiger partial charge in [0, 0.05) is 11.2 Å². The van der Waals surface area contributed by atoms with Crippen molar-refractivity contribution in [2.75, 3.05) is 13.1 Å². The molecule has 2 N–H and O–H groups in total. The average Bonchev–Trinajstić information content (AvgIpc) is 2.66. The van der Waals surface area contributed by atoms with Crippen molar-refractivity contribution in [2.45, 2.75) is 26.7 Å². The summed E-state index contributed by atoms with van der Waals surface area (Å²) in [6.45, 7) is 6.44. The van der Waals surface area contributed by atoms with Gasteiger partial charge in [-0.2, -0.15) is 0 Å². The molecule has 0 aliphatic carbocycles. The maximum atomic E-state index is 3.47. The van der Waals surface area contributed by atoms with Gasteiger partial charge >= 0.3 is 0 Å². The van der Waals surface area contributed by atoms with Gasteiger partial charge in [-0.25, -0.2) is 0 Å². The van der Waals surface area contributed by atoms with Crippen LogP contribution in [0.3, 0.4) is 0 Å². The summed E-state index contributed by atoms with van der Waals surface area (Å²) in [5.41, 5.74) is 3.92. The minimum Gasteiger partial charge on any atom is -0.358 e. The molecule has 1 aromatic heterocycles. The van der Waals surface area contributed by atoms with Gasteiger partial charge in [0.15, 0.2) is 0 Å². The van der Waals surface area contributed by atoms with Crippen LogP contribution in [0.25, 0.3) is 10.9 Å². The minimum atomic E-state index is 1.06. The molecule has 0 saturated carbocycles. The van der Waals surface area contributed by atoms with Crippen LogP contribution in [-0.2, 0) is 6.42 Å². The molecule has 0 saturated heterocycles. The second-order valence-corrected chi connectivity index (χ2v) is 4.34. The lowest BCUT2D eigenvalue weighted by Crippen LogP contribution is -2.14. The summed E-state index contributed by atoms with van der Waals surface area (Å²) in [6, 6.07) is 8.83. The summed E-state index contributed by atoms with van der Waals surface area (Å²) < 4.78 is 0. The first-order valence-corrected chi connectivity index (χ1v) is 6.08. The second-order valence-electron chi connectivity index (χ2n) is 4.34. The number of fused-ring (bicyclic) bond motifs is 1. The highest BCUT2D eigenvalue weighted by Crippen LogP contribution is 2.17. The van der Waals surface area contributed by atoms with E-state index in [1.165, 1.54) is 28.6 Å². The Hall–Kier alpha value is -1.28. The van der Waals surface area contributed by atoms with E-state index in [0.717, 1.165) is 19.5 Å². The number of nitrogens with one attached hydrogen (secondary N) is 2. The standard InChI is InChI=1S/C14H20N2/c1-3-15-8-4-5-13-10-12-9-11(2)6-7-14(12)16-13/h6-7,9-10,15-16H,3-5,8H2,1-2H3. The summed E-state index contributed by atoms with van der Waals surface area (Å²) in [5, 5.41) is 4.68. The van der Waals surface area contributed by atoms with Crippen molar-refractivity contribution < 1.29 is 0 Å². The third kappa shape index (κ3) is 2.64. The Morgan fingerprint density at radius 3 is 2.94 bits per heavy atom. The fourth-order valence-electron chi connectivity index (χ4n) is 2.03. The van der Waals surface area contributed by atoms with Crippen molar-refractivity contribution >= 4 is 10.9 Å². The summed E-state index contributed by atoms with van der Waals surface area (Å²) >= 11 is 0. The lowest BCUT2D eigenvalue weighted by atomic mass is 10.1. The van der Waals surface area contributed by atoms with E-state index in [1.807, 2.05) is 0 Å². The van der Waals surface area contributed by atoms with Crippen LogP contribution < -0.4 is 5.32 Å². The van der Waals surface area contributed by atoms with E-state index >= 15 is 0 Å². The van der Waals surface area contributed by atoms with Crippen LogP contribution in [0.5, 0.6) is 0 Å². The van der Waals surface area contributed by atoms with Crippen LogP contribution in [0, 0.1) is 6.92 Å². The lowest BCUT2D eigenvalue weighted by molar-refractivity contribution is 0.669. The average molecular weight is 216 g/mol. The SMILES string of the molecule is CCNCCCc1cc2cc(C)ccc2[nH]1. The predicted octanol–water partition coefficient (Wildman–Crippen LogP) is 3.02. The third-order valence-electron chi connectivity index (χ3n) is 2.88. The van der Waals surface area contributed by atoms with Gasteiger partial charge in [-0.05, 0) is 56.4 Å². The molecule has 2 aromatic rings. The summed E-state index contributed by atoms with van der Waals surface area (Å²) in [7, 11) is 0. The van der Waals surface area contributed by atoms with Gasteiger partial charge in [-0.3, -0.25) is 0 Å². The maximum Gasteiger partial charge on any atom is 0.0456 e.